The maximum Gasteiger partial charge on any atom is 0.242 e. The van der Waals surface area contributed by atoms with E-state index in [0.717, 1.165) is 16.2 Å². The summed E-state index contributed by atoms with van der Waals surface area (Å²) < 4.78 is 5.18. The van der Waals surface area contributed by atoms with Crippen LogP contribution < -0.4 is 4.74 Å². The van der Waals surface area contributed by atoms with E-state index in [1.807, 2.05) is 41.8 Å². The zero-order valence-electron chi connectivity index (χ0n) is 14.4. The maximum absolute atomic E-state index is 12.7. The Hall–Kier alpha value is -2.38. The van der Waals surface area contributed by atoms with Crippen LogP contribution in [0.1, 0.15) is 10.4 Å². The summed E-state index contributed by atoms with van der Waals surface area (Å²) in [6, 6.07) is 11.7. The van der Waals surface area contributed by atoms with Gasteiger partial charge in [0.05, 0.1) is 18.6 Å². The summed E-state index contributed by atoms with van der Waals surface area (Å²) in [6.45, 7) is 4.16. The van der Waals surface area contributed by atoms with Crippen molar-refractivity contribution >= 4 is 40.4 Å². The van der Waals surface area contributed by atoms with E-state index in [1.54, 1.807) is 35.6 Å². The van der Waals surface area contributed by atoms with Gasteiger partial charge in [-0.3, -0.25) is 9.69 Å². The minimum absolute atomic E-state index is 0.0378. The second-order valence-electron chi connectivity index (χ2n) is 5.54. The van der Waals surface area contributed by atoms with Crippen molar-refractivity contribution < 1.29 is 9.53 Å². The molecule has 1 aliphatic heterocycles. The first kappa shape index (κ1) is 18.4. The van der Waals surface area contributed by atoms with Crippen LogP contribution in [0.25, 0.3) is 0 Å². The van der Waals surface area contributed by atoms with Crippen molar-refractivity contribution in [3.05, 3.63) is 64.9 Å². The zero-order chi connectivity index (χ0) is 18.4. The lowest BCUT2D eigenvalue weighted by atomic mass is 10.1. The summed E-state index contributed by atoms with van der Waals surface area (Å²) in [5.41, 5.74) is 1.08. The minimum Gasteiger partial charge on any atom is -0.497 e. The van der Waals surface area contributed by atoms with E-state index >= 15 is 0 Å². The number of carbonyl (C=O) groups is 1. The molecule has 1 saturated heterocycles. The fourth-order valence-corrected chi connectivity index (χ4v) is 4.21. The smallest absolute Gasteiger partial charge is 0.242 e. The van der Waals surface area contributed by atoms with Crippen LogP contribution in [-0.4, -0.2) is 41.1 Å². The molecular formula is C19H19N3O2S2. The van der Waals surface area contributed by atoms with E-state index in [2.05, 4.69) is 16.8 Å². The summed E-state index contributed by atoms with van der Waals surface area (Å²) >= 11 is 3.04. The molecule has 5 nitrogen and oxygen atoms in total. The van der Waals surface area contributed by atoms with Crippen LogP contribution in [0.5, 0.6) is 5.75 Å². The Balaban J connectivity index is 1.73. The predicted molar refractivity (Wildman–Crippen MR) is 109 cm³/mol. The summed E-state index contributed by atoms with van der Waals surface area (Å²) in [7, 11) is 1.64. The average Bonchev–Trinajstić information content (AvgIpc) is 3.27. The summed E-state index contributed by atoms with van der Waals surface area (Å²) in [4.78, 5) is 15.4. The zero-order valence-corrected chi connectivity index (χ0v) is 16.0. The van der Waals surface area contributed by atoms with Crippen LogP contribution in [0, 0.1) is 0 Å². The third kappa shape index (κ3) is 4.42. The molecule has 1 atom stereocenters. The number of thioether (sulfide) groups is 1. The Labute approximate surface area is 161 Å². The third-order valence-corrected chi connectivity index (χ3v) is 5.76. The molecule has 0 spiro atoms. The van der Waals surface area contributed by atoms with Gasteiger partial charge in [0, 0.05) is 11.4 Å². The molecule has 0 aliphatic carbocycles. The second kappa shape index (κ2) is 8.82. The van der Waals surface area contributed by atoms with Gasteiger partial charge in [0.2, 0.25) is 5.91 Å². The van der Waals surface area contributed by atoms with Gasteiger partial charge < -0.3 is 4.74 Å². The highest BCUT2D eigenvalue weighted by molar-refractivity contribution is 8.15. The van der Waals surface area contributed by atoms with Gasteiger partial charge in [-0.15, -0.1) is 23.0 Å². The number of carbonyl (C=O) groups excluding carboxylic acids is 1. The van der Waals surface area contributed by atoms with Crippen molar-refractivity contribution in [1.29, 1.82) is 0 Å². The standard InChI is InChI=1S/C19H19N3O2S2/c1-3-10-22-18(23)17(12-14-6-8-15(24-2)9-7-14)26-19(22)21-20-13-16-5-4-11-25-16/h3-9,11,13,17H,1,10,12H2,2H3/b20-13-,21-19-/t17-/m1/s1. The Morgan fingerprint density at radius 3 is 2.77 bits per heavy atom. The molecule has 0 radical (unpaired) electrons. The topological polar surface area (TPSA) is 54.3 Å². The SMILES string of the molecule is C=CCN1C(=O)[C@@H](Cc2ccc(OC)cc2)S/C1=N\N=C/c1cccs1. The number of thiophene rings is 1. The van der Waals surface area contributed by atoms with Gasteiger partial charge in [-0.1, -0.05) is 36.0 Å². The van der Waals surface area contributed by atoms with Gasteiger partial charge in [0.15, 0.2) is 5.17 Å². The summed E-state index contributed by atoms with van der Waals surface area (Å²) in [6.07, 6.45) is 4.03. The Morgan fingerprint density at radius 2 is 2.12 bits per heavy atom. The number of amides is 1. The Kier molecular flexibility index (Phi) is 6.25. The van der Waals surface area contributed by atoms with Crippen LogP contribution in [0.15, 0.2) is 64.6 Å². The summed E-state index contributed by atoms with van der Waals surface area (Å²) in [5, 5.41) is 10.8. The second-order valence-corrected chi connectivity index (χ2v) is 7.69. The van der Waals surface area contributed by atoms with Crippen molar-refractivity contribution in [3.63, 3.8) is 0 Å². The Morgan fingerprint density at radius 1 is 1.31 bits per heavy atom. The molecule has 0 unspecified atom stereocenters. The van der Waals surface area contributed by atoms with Gasteiger partial charge >= 0.3 is 0 Å². The molecule has 0 bridgehead atoms. The minimum atomic E-state index is -0.209. The maximum atomic E-state index is 12.7. The monoisotopic (exact) mass is 385 g/mol. The van der Waals surface area contributed by atoms with Crippen LogP contribution in [0.4, 0.5) is 0 Å². The third-order valence-electron chi connectivity index (χ3n) is 3.78. The molecule has 2 heterocycles. The lowest BCUT2D eigenvalue weighted by molar-refractivity contribution is -0.125. The molecule has 0 N–H and O–H groups in total. The van der Waals surface area contributed by atoms with E-state index in [0.29, 0.717) is 18.1 Å². The van der Waals surface area contributed by atoms with E-state index in [-0.39, 0.29) is 11.2 Å². The van der Waals surface area contributed by atoms with E-state index in [4.69, 9.17) is 4.74 Å². The summed E-state index contributed by atoms with van der Waals surface area (Å²) in [5.74, 6) is 0.841. The molecule has 7 heteroatoms. The number of amidine groups is 1. The first-order valence-electron chi connectivity index (χ1n) is 8.07. The van der Waals surface area contributed by atoms with Crippen LogP contribution in [0.3, 0.4) is 0 Å². The van der Waals surface area contributed by atoms with Crippen molar-refractivity contribution in [3.8, 4) is 5.75 Å². The van der Waals surface area contributed by atoms with Crippen molar-refractivity contribution in [2.75, 3.05) is 13.7 Å². The lowest BCUT2D eigenvalue weighted by Crippen LogP contribution is -2.32. The molecule has 1 aromatic carbocycles. The normalized spacial score (nSPS) is 18.8. The number of hydrogen-bond donors (Lipinski definition) is 0. The van der Waals surface area contributed by atoms with Crippen molar-refractivity contribution in [1.82, 2.24) is 4.90 Å². The quantitative estimate of drug-likeness (QED) is 0.414. The van der Waals surface area contributed by atoms with Crippen molar-refractivity contribution in [2.24, 2.45) is 10.2 Å². The molecule has 1 aliphatic rings. The van der Waals surface area contributed by atoms with Gasteiger partial charge in [0.1, 0.15) is 5.75 Å². The molecule has 134 valence electrons. The first-order valence-corrected chi connectivity index (χ1v) is 9.83. The number of nitrogens with zero attached hydrogens (tertiary/aromatic N) is 3. The van der Waals surface area contributed by atoms with Gasteiger partial charge in [-0.25, -0.2) is 0 Å². The molecule has 3 rings (SSSR count). The molecule has 0 saturated carbocycles. The fourth-order valence-electron chi connectivity index (χ4n) is 2.49. The molecule has 1 amide bonds. The number of methoxy groups -OCH3 is 1. The van der Waals surface area contributed by atoms with Crippen LogP contribution in [-0.2, 0) is 11.2 Å². The molecule has 1 aromatic heterocycles. The highest BCUT2D eigenvalue weighted by atomic mass is 32.2. The first-order chi connectivity index (χ1) is 12.7. The number of benzene rings is 1. The highest BCUT2D eigenvalue weighted by Crippen LogP contribution is 2.30. The Bertz CT molecular complexity index is 814. The van der Waals surface area contributed by atoms with Gasteiger partial charge in [-0.05, 0) is 35.6 Å². The van der Waals surface area contributed by atoms with E-state index < -0.39 is 0 Å². The molecule has 1 fully saturated rings. The van der Waals surface area contributed by atoms with E-state index in [9.17, 15) is 4.79 Å². The molecular weight excluding hydrogens is 366 g/mol. The molecule has 2 aromatic rings. The van der Waals surface area contributed by atoms with Crippen molar-refractivity contribution in [2.45, 2.75) is 11.7 Å². The number of hydrogen-bond acceptors (Lipinski definition) is 6. The van der Waals surface area contributed by atoms with E-state index in [1.165, 1.54) is 11.8 Å². The predicted octanol–water partition coefficient (Wildman–Crippen LogP) is 3.82. The lowest BCUT2D eigenvalue weighted by Gasteiger charge is -2.12. The van der Waals surface area contributed by atoms with Gasteiger partial charge in [-0.2, -0.15) is 5.10 Å². The highest BCUT2D eigenvalue weighted by Gasteiger charge is 2.37. The van der Waals surface area contributed by atoms with Crippen LogP contribution in [0.2, 0.25) is 0 Å². The average molecular weight is 386 g/mol. The molecule has 26 heavy (non-hydrogen) atoms. The van der Waals surface area contributed by atoms with Crippen LogP contribution >= 0.6 is 23.1 Å². The van der Waals surface area contributed by atoms with Gasteiger partial charge in [0.25, 0.3) is 0 Å². The fraction of sp³-hybridized carbons (Fsp3) is 0.211. The largest absolute Gasteiger partial charge is 0.497 e. The number of rotatable bonds is 7. The number of ether oxygens (including phenoxy) is 1.